The molecular weight excluding hydrogens is 199 g/mol. The minimum Gasteiger partial charge on any atom is -0.505 e. The summed E-state index contributed by atoms with van der Waals surface area (Å²) >= 11 is 0. The van der Waals surface area contributed by atoms with Crippen molar-refractivity contribution in [2.24, 2.45) is 0 Å². The Balaban J connectivity index is 2.95. The van der Waals surface area contributed by atoms with Crippen molar-refractivity contribution in [1.82, 2.24) is 0 Å². The summed E-state index contributed by atoms with van der Waals surface area (Å²) in [5.74, 6) is -1.22. The lowest BCUT2D eigenvalue weighted by molar-refractivity contribution is 0.0161. The third-order valence-corrected chi connectivity index (χ3v) is 2.13. The molecule has 0 spiro atoms. The van der Waals surface area contributed by atoms with Gasteiger partial charge < -0.3 is 14.9 Å². The Hall–Kier alpha value is -1.39. The number of phenolic OH excluding ortho intramolecular Hbond substituents is 1. The minimum absolute atomic E-state index is 0.331. The van der Waals surface area contributed by atoms with Crippen LogP contribution in [0.1, 0.15) is 11.7 Å². The van der Waals surface area contributed by atoms with Gasteiger partial charge in [-0.25, -0.2) is 4.39 Å². The molecule has 4 heteroatoms. The molecule has 82 valence electrons. The van der Waals surface area contributed by atoms with Crippen LogP contribution in [0.15, 0.2) is 30.9 Å². The van der Waals surface area contributed by atoms with E-state index in [1.54, 1.807) is 0 Å². The Bertz CT molecular complexity index is 352. The maximum absolute atomic E-state index is 13.0. The maximum atomic E-state index is 13.0. The van der Waals surface area contributed by atoms with E-state index in [2.05, 4.69) is 6.58 Å². The van der Waals surface area contributed by atoms with Crippen molar-refractivity contribution in [3.63, 3.8) is 0 Å². The fraction of sp³-hybridized carbons (Fsp3) is 0.273. The number of aliphatic hydroxyl groups excluding tert-OH is 1. The van der Waals surface area contributed by atoms with Crippen molar-refractivity contribution in [3.05, 3.63) is 42.2 Å². The monoisotopic (exact) mass is 212 g/mol. The first-order chi connectivity index (χ1) is 7.10. The highest BCUT2D eigenvalue weighted by molar-refractivity contribution is 5.30. The second kappa shape index (κ2) is 4.91. The van der Waals surface area contributed by atoms with E-state index in [1.165, 1.54) is 25.3 Å². The molecule has 0 saturated heterocycles. The van der Waals surface area contributed by atoms with Crippen LogP contribution in [0.3, 0.4) is 0 Å². The van der Waals surface area contributed by atoms with Gasteiger partial charge in [0.05, 0.1) is 0 Å². The van der Waals surface area contributed by atoms with Gasteiger partial charge in [-0.3, -0.25) is 0 Å². The van der Waals surface area contributed by atoms with Crippen molar-refractivity contribution in [2.75, 3.05) is 7.11 Å². The van der Waals surface area contributed by atoms with E-state index in [1.807, 2.05) is 0 Å². The van der Waals surface area contributed by atoms with Crippen LogP contribution < -0.4 is 0 Å². The van der Waals surface area contributed by atoms with Crippen molar-refractivity contribution >= 4 is 0 Å². The third kappa shape index (κ3) is 2.55. The van der Waals surface area contributed by atoms with Crippen LogP contribution in [-0.4, -0.2) is 23.4 Å². The first kappa shape index (κ1) is 11.7. The van der Waals surface area contributed by atoms with Crippen molar-refractivity contribution in [1.29, 1.82) is 0 Å². The van der Waals surface area contributed by atoms with Crippen molar-refractivity contribution < 1.29 is 19.3 Å². The molecule has 0 aliphatic rings. The fourth-order valence-electron chi connectivity index (χ4n) is 1.25. The smallest absolute Gasteiger partial charge is 0.165 e. The molecule has 0 radical (unpaired) electrons. The van der Waals surface area contributed by atoms with E-state index in [0.29, 0.717) is 5.56 Å². The summed E-state index contributed by atoms with van der Waals surface area (Å²) in [6.45, 7) is 3.49. The quantitative estimate of drug-likeness (QED) is 0.748. The number of benzene rings is 1. The normalized spacial score (nSPS) is 14.6. The van der Waals surface area contributed by atoms with Crippen LogP contribution in [0, 0.1) is 5.82 Å². The summed E-state index contributed by atoms with van der Waals surface area (Å²) in [4.78, 5) is 0. The molecule has 1 rings (SSSR count). The number of hydrogen-bond acceptors (Lipinski definition) is 3. The van der Waals surface area contributed by atoms with Gasteiger partial charge in [-0.05, 0) is 17.7 Å². The van der Waals surface area contributed by atoms with Gasteiger partial charge in [-0.15, -0.1) is 6.58 Å². The Kier molecular flexibility index (Phi) is 3.82. The molecule has 0 amide bonds. The molecule has 15 heavy (non-hydrogen) atoms. The van der Waals surface area contributed by atoms with Gasteiger partial charge in [-0.2, -0.15) is 0 Å². The highest BCUT2D eigenvalue weighted by Crippen LogP contribution is 2.24. The van der Waals surface area contributed by atoms with Crippen LogP contribution in [0.2, 0.25) is 0 Å². The molecule has 0 aliphatic heterocycles. The maximum Gasteiger partial charge on any atom is 0.165 e. The standard InChI is InChI=1S/C11H13FO3/c1-3-10(15-2)11(14)7-4-5-9(13)8(12)6-7/h3-6,10-11,13-14H,1H2,2H3/t10-,11-/m0/s1. The largest absolute Gasteiger partial charge is 0.505 e. The molecule has 0 heterocycles. The van der Waals surface area contributed by atoms with E-state index >= 15 is 0 Å². The van der Waals surface area contributed by atoms with Crippen LogP contribution >= 0.6 is 0 Å². The number of phenols is 1. The second-order valence-electron chi connectivity index (χ2n) is 3.09. The first-order valence-electron chi connectivity index (χ1n) is 4.42. The van der Waals surface area contributed by atoms with E-state index in [9.17, 15) is 9.50 Å². The summed E-state index contributed by atoms with van der Waals surface area (Å²) in [6.07, 6.45) is -0.174. The van der Waals surface area contributed by atoms with Gasteiger partial charge in [0.1, 0.15) is 12.2 Å². The minimum atomic E-state index is -0.998. The predicted octanol–water partition coefficient (Wildman–Crippen LogP) is 1.77. The molecule has 1 aromatic carbocycles. The summed E-state index contributed by atoms with van der Waals surface area (Å²) in [5, 5.41) is 18.7. The van der Waals surface area contributed by atoms with Crippen molar-refractivity contribution in [2.45, 2.75) is 12.2 Å². The molecule has 0 saturated carbocycles. The number of halogens is 1. The zero-order chi connectivity index (χ0) is 11.4. The van der Waals surface area contributed by atoms with Gasteiger partial charge in [-0.1, -0.05) is 12.1 Å². The highest BCUT2D eigenvalue weighted by atomic mass is 19.1. The fourth-order valence-corrected chi connectivity index (χ4v) is 1.25. The molecule has 2 atom stereocenters. The van der Waals surface area contributed by atoms with Gasteiger partial charge in [0.2, 0.25) is 0 Å². The lowest BCUT2D eigenvalue weighted by Crippen LogP contribution is -2.18. The van der Waals surface area contributed by atoms with E-state index in [-0.39, 0.29) is 0 Å². The average Bonchev–Trinajstić information content (AvgIpc) is 2.23. The zero-order valence-corrected chi connectivity index (χ0v) is 8.35. The molecule has 0 bridgehead atoms. The molecular formula is C11H13FO3. The Morgan fingerprint density at radius 2 is 2.20 bits per heavy atom. The number of aromatic hydroxyl groups is 1. The molecule has 0 fully saturated rings. The van der Waals surface area contributed by atoms with Gasteiger partial charge in [0, 0.05) is 7.11 Å². The Morgan fingerprint density at radius 1 is 1.53 bits per heavy atom. The Morgan fingerprint density at radius 3 is 2.67 bits per heavy atom. The Labute approximate surface area is 87.4 Å². The average molecular weight is 212 g/mol. The van der Waals surface area contributed by atoms with Crippen LogP contribution in [0.5, 0.6) is 5.75 Å². The number of ether oxygens (including phenoxy) is 1. The predicted molar refractivity (Wildman–Crippen MR) is 54.0 cm³/mol. The summed E-state index contributed by atoms with van der Waals surface area (Å²) < 4.78 is 17.9. The SMILES string of the molecule is C=C[C@H](OC)[C@@H](O)c1ccc(O)c(F)c1. The van der Waals surface area contributed by atoms with Crippen LogP contribution in [0.25, 0.3) is 0 Å². The molecule has 3 nitrogen and oxygen atoms in total. The van der Waals surface area contributed by atoms with Crippen LogP contribution in [-0.2, 0) is 4.74 Å². The summed E-state index contributed by atoms with van der Waals surface area (Å²) in [7, 11) is 1.42. The van der Waals surface area contributed by atoms with E-state index in [4.69, 9.17) is 9.84 Å². The van der Waals surface area contributed by atoms with Crippen molar-refractivity contribution in [3.8, 4) is 5.75 Å². The number of rotatable bonds is 4. The van der Waals surface area contributed by atoms with E-state index < -0.39 is 23.8 Å². The molecule has 1 aromatic rings. The lowest BCUT2D eigenvalue weighted by Gasteiger charge is -2.18. The topological polar surface area (TPSA) is 49.7 Å². The van der Waals surface area contributed by atoms with E-state index in [0.717, 1.165) is 6.07 Å². The van der Waals surface area contributed by atoms with Gasteiger partial charge in [0.15, 0.2) is 11.6 Å². The lowest BCUT2D eigenvalue weighted by atomic mass is 10.0. The number of aliphatic hydroxyl groups is 1. The second-order valence-corrected chi connectivity index (χ2v) is 3.09. The molecule has 0 aliphatic carbocycles. The number of methoxy groups -OCH3 is 1. The molecule has 2 N–H and O–H groups in total. The van der Waals surface area contributed by atoms with Crippen LogP contribution in [0.4, 0.5) is 4.39 Å². The van der Waals surface area contributed by atoms with Gasteiger partial charge in [0.25, 0.3) is 0 Å². The molecule has 0 aromatic heterocycles. The number of hydrogen-bond donors (Lipinski definition) is 2. The summed E-state index contributed by atoms with van der Waals surface area (Å²) in [5.41, 5.74) is 0.331. The van der Waals surface area contributed by atoms with Gasteiger partial charge >= 0.3 is 0 Å². The third-order valence-electron chi connectivity index (χ3n) is 2.13. The first-order valence-corrected chi connectivity index (χ1v) is 4.42. The highest BCUT2D eigenvalue weighted by Gasteiger charge is 2.18. The zero-order valence-electron chi connectivity index (χ0n) is 8.35. The molecule has 0 unspecified atom stereocenters. The summed E-state index contributed by atoms with van der Waals surface area (Å²) in [6, 6.07) is 3.68.